The number of piperazine rings is 2. The molecule has 0 radical (unpaired) electrons. The van der Waals surface area contributed by atoms with Gasteiger partial charge in [-0.15, -0.1) is 9.66 Å². The van der Waals surface area contributed by atoms with Crippen molar-refractivity contribution in [1.29, 1.82) is 0 Å². The van der Waals surface area contributed by atoms with Gasteiger partial charge >= 0.3 is 0 Å². The minimum absolute atomic E-state index is 0.122. The Balaban J connectivity index is 4.06. The van der Waals surface area contributed by atoms with Crippen molar-refractivity contribution in [3.63, 3.8) is 0 Å². The maximum atomic E-state index is 17.3. The lowest BCUT2D eigenvalue weighted by Crippen LogP contribution is -3.00. The molecule has 30 nitrogen and oxygen atoms in total. The number of hydrazine groups is 2. The van der Waals surface area contributed by atoms with Gasteiger partial charge in [-0.2, -0.15) is 38.4 Å². The standard InChI is InChI=1S/C26H62N12O18S9/c1-13-59(43,44)27-23(28-60(45,46)14-2)25(31-63(51,52)21(5)6,35(9)17-19-37(23)33-57(11,39)40)65(55,56)26(32-64(53,54)22(7)8)24(29-61(47,48)15-3,30-62(49,50)16-4)38(20-18-36(26)10)34-58(12,41)42/h21-22,27-34H,13-20H2,1-12H3. The average molecular weight is 1120 g/mol. The number of rotatable bonds is 24. The summed E-state index contributed by atoms with van der Waals surface area (Å²) in [4.78, 5) is -4.31. The Labute approximate surface area is 384 Å². The van der Waals surface area contributed by atoms with E-state index >= 15 is 8.42 Å². The minimum Gasteiger partial charge on any atom is -0.269 e. The molecular weight excluding hydrogens is 1060 g/mol. The number of hydrogen-bond donors (Lipinski definition) is 8. The summed E-state index contributed by atoms with van der Waals surface area (Å²) < 4.78 is 269. The highest BCUT2D eigenvalue weighted by molar-refractivity contribution is 7.98. The molecular formula is C26H62N12O18S9. The molecule has 2 aliphatic rings. The Morgan fingerprint density at radius 2 is 0.646 bits per heavy atom. The van der Waals surface area contributed by atoms with E-state index in [0.29, 0.717) is 22.3 Å². The van der Waals surface area contributed by atoms with E-state index < -0.39 is 171 Å². The lowest BCUT2D eigenvalue weighted by Gasteiger charge is -2.66. The van der Waals surface area contributed by atoms with Crippen molar-refractivity contribution in [1.82, 2.24) is 57.8 Å². The van der Waals surface area contributed by atoms with E-state index in [1.54, 1.807) is 28.6 Å². The molecule has 0 bridgehead atoms. The number of nitrogens with one attached hydrogen (secondary N) is 8. The highest BCUT2D eigenvalue weighted by Gasteiger charge is 2.83. The molecule has 65 heavy (non-hydrogen) atoms. The smallest absolute Gasteiger partial charge is 0.241 e. The van der Waals surface area contributed by atoms with Crippen LogP contribution in [-0.4, -0.2) is 203 Å². The van der Waals surface area contributed by atoms with Crippen molar-refractivity contribution in [3.05, 3.63) is 0 Å². The van der Waals surface area contributed by atoms with Crippen LogP contribution in [0.3, 0.4) is 0 Å². The van der Waals surface area contributed by atoms with E-state index in [9.17, 15) is 67.3 Å². The van der Waals surface area contributed by atoms with Crippen LogP contribution in [0, 0.1) is 0 Å². The van der Waals surface area contributed by atoms with E-state index in [2.05, 4.69) is 0 Å². The van der Waals surface area contributed by atoms with Gasteiger partial charge in [-0.25, -0.2) is 75.8 Å². The topological polar surface area (TPSA) is 416 Å². The molecule has 2 fully saturated rings. The predicted octanol–water partition coefficient (Wildman–Crippen LogP) is -7.15. The second kappa shape index (κ2) is 19.7. The maximum absolute atomic E-state index is 17.3. The molecule has 2 aliphatic heterocycles. The SMILES string of the molecule is CCS(=O)(=O)NC1(NS(=O)(=O)CC)N(NS(C)(=O)=O)CCN(C)C1(NS(=O)(=O)C(C)C)S(=O)(=O)C1(NS(=O)(=O)C(C)C)N(C)CCN(NS(C)(=O)=O)C1(NS(=O)(=O)CC)NS(=O)(=O)CC. The molecule has 0 aromatic carbocycles. The number of sulfonamides is 8. The first-order chi connectivity index (χ1) is 28.8. The summed E-state index contributed by atoms with van der Waals surface area (Å²) in [6.45, 7) is 3.65. The largest absolute Gasteiger partial charge is 0.269 e. The fourth-order valence-electron chi connectivity index (χ4n) is 6.47. The van der Waals surface area contributed by atoms with Crippen LogP contribution in [0.2, 0.25) is 0 Å². The number of hydrogen-bond acceptors (Lipinski definition) is 22. The first kappa shape index (κ1) is 60.2. The summed E-state index contributed by atoms with van der Waals surface area (Å²) in [6, 6.07) is 0. The molecule has 0 amide bonds. The summed E-state index contributed by atoms with van der Waals surface area (Å²) in [6.07, 6.45) is 0.887. The lowest BCUT2D eigenvalue weighted by molar-refractivity contribution is -0.121. The average Bonchev–Trinajstić information content (AvgIpc) is 3.12. The third kappa shape index (κ3) is 12.2. The fourth-order valence-corrected chi connectivity index (χ4v) is 17.8. The van der Waals surface area contributed by atoms with Gasteiger partial charge < -0.3 is 0 Å². The van der Waals surface area contributed by atoms with Crippen LogP contribution >= 0.6 is 0 Å². The summed E-state index contributed by atoms with van der Waals surface area (Å²) in [5.74, 6) is -12.6. The zero-order valence-corrected chi connectivity index (χ0v) is 45.0. The van der Waals surface area contributed by atoms with Crippen LogP contribution in [0.1, 0.15) is 55.4 Å². The van der Waals surface area contributed by atoms with Gasteiger partial charge in [0, 0.05) is 26.2 Å². The van der Waals surface area contributed by atoms with Gasteiger partial charge in [0.2, 0.25) is 112 Å². The molecule has 0 saturated carbocycles. The Hall–Kier alpha value is -0.930. The number of sulfone groups is 1. The molecule has 0 aliphatic carbocycles. The van der Waals surface area contributed by atoms with Gasteiger partial charge in [0.05, 0.1) is 46.0 Å². The summed E-state index contributed by atoms with van der Waals surface area (Å²) in [5, 5.41) is -3.39. The van der Waals surface area contributed by atoms with Crippen LogP contribution in [0.15, 0.2) is 0 Å². The second-order valence-corrected chi connectivity index (χ2v) is 33.7. The number of likely N-dealkylation sites (N-methyl/N-ethyl adjacent to an activating group) is 2. The van der Waals surface area contributed by atoms with Crippen LogP contribution in [0.5, 0.6) is 0 Å². The Morgan fingerprint density at radius 3 is 0.831 bits per heavy atom. The van der Waals surface area contributed by atoms with Gasteiger partial charge in [0.15, 0.2) is 0 Å². The summed E-state index contributed by atoms with van der Waals surface area (Å²) in [7, 11) is -47.4. The monoisotopic (exact) mass is 1120 g/mol. The highest BCUT2D eigenvalue weighted by atomic mass is 32.2. The molecule has 2 rings (SSSR count). The van der Waals surface area contributed by atoms with Crippen LogP contribution in [0.25, 0.3) is 0 Å². The molecule has 0 aromatic heterocycles. The Bertz CT molecular complexity index is 2550. The van der Waals surface area contributed by atoms with Crippen LogP contribution in [-0.2, 0) is 90.0 Å². The number of nitrogens with zero attached hydrogens (tertiary/aromatic N) is 4. The zero-order valence-electron chi connectivity index (χ0n) is 37.6. The molecule has 388 valence electrons. The van der Waals surface area contributed by atoms with E-state index in [4.69, 9.17) is 0 Å². The van der Waals surface area contributed by atoms with Gasteiger partial charge in [-0.3, -0.25) is 9.80 Å². The maximum Gasteiger partial charge on any atom is 0.241 e. The predicted molar refractivity (Wildman–Crippen MR) is 239 cm³/mol. The quantitative estimate of drug-likeness (QED) is 0.0416. The molecule has 0 aromatic rings. The molecule has 8 N–H and O–H groups in total. The summed E-state index contributed by atoms with van der Waals surface area (Å²) >= 11 is 0. The van der Waals surface area contributed by atoms with E-state index in [1.165, 1.54) is 0 Å². The first-order valence-electron chi connectivity index (χ1n) is 19.1. The van der Waals surface area contributed by atoms with Crippen LogP contribution < -0.4 is 38.0 Å². The van der Waals surface area contributed by atoms with Crippen molar-refractivity contribution in [2.75, 3.05) is 75.8 Å². The third-order valence-electron chi connectivity index (χ3n) is 10.0. The van der Waals surface area contributed by atoms with Gasteiger partial charge in [0.25, 0.3) is 0 Å². The van der Waals surface area contributed by atoms with Gasteiger partial charge in [-0.05, 0) is 69.5 Å². The van der Waals surface area contributed by atoms with Crippen molar-refractivity contribution in [2.24, 2.45) is 0 Å². The highest BCUT2D eigenvalue weighted by Crippen LogP contribution is 2.48. The van der Waals surface area contributed by atoms with Crippen molar-refractivity contribution < 1.29 is 75.8 Å². The van der Waals surface area contributed by atoms with Gasteiger partial charge in [0.1, 0.15) is 0 Å². The fraction of sp³-hybridized carbons (Fsp3) is 1.00. The summed E-state index contributed by atoms with van der Waals surface area (Å²) in [5.41, 5.74) is 0. The van der Waals surface area contributed by atoms with E-state index in [0.717, 1.165) is 69.5 Å². The van der Waals surface area contributed by atoms with E-state index in [-0.39, 0.29) is 10.0 Å². The van der Waals surface area contributed by atoms with Crippen molar-refractivity contribution in [3.8, 4) is 0 Å². The first-order valence-corrected chi connectivity index (χ1v) is 34.1. The molecule has 2 atom stereocenters. The Kier molecular flexibility index (Phi) is 18.2. The molecule has 39 heteroatoms. The second-order valence-electron chi connectivity index (χ2n) is 15.5. The zero-order chi connectivity index (χ0) is 51.3. The molecule has 2 unspecified atom stereocenters. The van der Waals surface area contributed by atoms with Crippen molar-refractivity contribution in [2.45, 2.75) is 87.5 Å². The normalized spacial score (nSPS) is 24.5. The van der Waals surface area contributed by atoms with Crippen LogP contribution in [0.4, 0.5) is 0 Å². The molecule has 0 spiro atoms. The van der Waals surface area contributed by atoms with E-state index in [1.807, 2.05) is 9.44 Å². The molecule has 2 saturated heterocycles. The third-order valence-corrected chi connectivity index (χ3v) is 23.5. The Morgan fingerprint density at radius 1 is 0.415 bits per heavy atom. The minimum atomic E-state index is -7.04. The molecule has 2 heterocycles. The lowest BCUT2D eigenvalue weighted by atomic mass is 10.1. The van der Waals surface area contributed by atoms with Crippen molar-refractivity contribution >= 4 is 90.0 Å². The van der Waals surface area contributed by atoms with Gasteiger partial charge in [-0.1, -0.05) is 0 Å².